The SMILES string of the molecule is C=CCN(CCO)C(=O)Nc1cc(F)ccc1OC(C)C. The number of nitrogens with zero attached hydrogens (tertiary/aromatic N) is 1. The van der Waals surface area contributed by atoms with E-state index in [-0.39, 0.29) is 31.5 Å². The smallest absolute Gasteiger partial charge is 0.322 e. The van der Waals surface area contributed by atoms with E-state index in [1.807, 2.05) is 13.8 Å². The molecule has 0 spiro atoms. The summed E-state index contributed by atoms with van der Waals surface area (Å²) in [5.41, 5.74) is 0.251. The molecule has 6 heteroatoms. The number of nitrogens with one attached hydrogen (secondary N) is 1. The molecule has 0 aromatic heterocycles. The molecule has 0 aliphatic heterocycles. The summed E-state index contributed by atoms with van der Waals surface area (Å²) >= 11 is 0. The number of amides is 2. The molecule has 0 fully saturated rings. The fraction of sp³-hybridized carbons (Fsp3) is 0.400. The molecule has 0 unspecified atom stereocenters. The van der Waals surface area contributed by atoms with Crippen LogP contribution in [0.4, 0.5) is 14.9 Å². The summed E-state index contributed by atoms with van der Waals surface area (Å²) in [6.45, 7) is 7.50. The molecule has 0 radical (unpaired) electrons. The number of halogens is 1. The summed E-state index contributed by atoms with van der Waals surface area (Å²) in [4.78, 5) is 13.5. The highest BCUT2D eigenvalue weighted by Gasteiger charge is 2.15. The number of ether oxygens (including phenoxy) is 1. The molecule has 0 saturated carbocycles. The summed E-state index contributed by atoms with van der Waals surface area (Å²) in [5, 5.41) is 11.5. The molecular weight excluding hydrogens is 275 g/mol. The second-order valence-electron chi connectivity index (χ2n) is 4.70. The molecular formula is C15H21FN2O3. The Bertz CT molecular complexity index is 492. The number of benzene rings is 1. The number of carbonyl (C=O) groups excluding carboxylic acids is 1. The number of hydrogen-bond acceptors (Lipinski definition) is 3. The third kappa shape index (κ3) is 5.43. The van der Waals surface area contributed by atoms with Crippen LogP contribution >= 0.6 is 0 Å². The monoisotopic (exact) mass is 296 g/mol. The molecule has 1 aromatic carbocycles. The largest absolute Gasteiger partial charge is 0.489 e. The molecule has 21 heavy (non-hydrogen) atoms. The number of aliphatic hydroxyl groups excluding tert-OH is 1. The molecule has 2 N–H and O–H groups in total. The number of hydrogen-bond donors (Lipinski definition) is 2. The zero-order valence-electron chi connectivity index (χ0n) is 12.3. The van der Waals surface area contributed by atoms with E-state index in [2.05, 4.69) is 11.9 Å². The van der Waals surface area contributed by atoms with Crippen molar-refractivity contribution >= 4 is 11.7 Å². The Labute approximate surface area is 124 Å². The van der Waals surface area contributed by atoms with Crippen molar-refractivity contribution in [1.29, 1.82) is 0 Å². The van der Waals surface area contributed by atoms with Crippen LogP contribution in [0, 0.1) is 5.82 Å². The lowest BCUT2D eigenvalue weighted by Gasteiger charge is -2.22. The van der Waals surface area contributed by atoms with Crippen LogP contribution in [0.1, 0.15) is 13.8 Å². The van der Waals surface area contributed by atoms with Crippen LogP contribution < -0.4 is 10.1 Å². The van der Waals surface area contributed by atoms with Crippen LogP contribution in [-0.2, 0) is 0 Å². The van der Waals surface area contributed by atoms with Crippen molar-refractivity contribution in [2.75, 3.05) is 25.0 Å². The number of rotatable bonds is 7. The van der Waals surface area contributed by atoms with E-state index in [1.165, 1.54) is 23.1 Å². The van der Waals surface area contributed by atoms with Gasteiger partial charge in [0.15, 0.2) is 0 Å². The van der Waals surface area contributed by atoms with Gasteiger partial charge in [0.05, 0.1) is 18.4 Å². The van der Waals surface area contributed by atoms with Gasteiger partial charge in [0.2, 0.25) is 0 Å². The van der Waals surface area contributed by atoms with E-state index in [4.69, 9.17) is 9.84 Å². The Kier molecular flexibility index (Phi) is 6.68. The average Bonchev–Trinajstić information content (AvgIpc) is 2.41. The Morgan fingerprint density at radius 1 is 1.57 bits per heavy atom. The van der Waals surface area contributed by atoms with E-state index in [0.717, 1.165) is 0 Å². The van der Waals surface area contributed by atoms with Gasteiger partial charge in [-0.15, -0.1) is 6.58 Å². The lowest BCUT2D eigenvalue weighted by molar-refractivity contribution is 0.195. The zero-order valence-corrected chi connectivity index (χ0v) is 12.3. The molecule has 0 aliphatic carbocycles. The summed E-state index contributed by atoms with van der Waals surface area (Å²) in [6.07, 6.45) is 1.44. The molecule has 1 rings (SSSR count). The number of anilines is 1. The minimum absolute atomic E-state index is 0.104. The molecule has 0 atom stereocenters. The Balaban J connectivity index is 2.91. The van der Waals surface area contributed by atoms with E-state index in [0.29, 0.717) is 5.75 Å². The van der Waals surface area contributed by atoms with E-state index >= 15 is 0 Å². The summed E-state index contributed by atoms with van der Waals surface area (Å²) < 4.78 is 18.9. The van der Waals surface area contributed by atoms with Crippen molar-refractivity contribution in [2.45, 2.75) is 20.0 Å². The predicted molar refractivity (Wildman–Crippen MR) is 80.0 cm³/mol. The minimum atomic E-state index is -0.473. The standard InChI is InChI=1S/C15H21FN2O3/c1-4-7-18(8-9-19)15(20)17-13-10-12(16)5-6-14(13)21-11(2)3/h4-6,10-11,19H,1,7-9H2,2-3H3,(H,17,20). The summed E-state index contributed by atoms with van der Waals surface area (Å²) in [5.74, 6) is -0.0823. The Morgan fingerprint density at radius 3 is 2.86 bits per heavy atom. The van der Waals surface area contributed by atoms with Gasteiger partial charge < -0.3 is 20.1 Å². The highest BCUT2D eigenvalue weighted by Crippen LogP contribution is 2.26. The number of carbonyl (C=O) groups is 1. The number of urea groups is 1. The number of aliphatic hydroxyl groups is 1. The van der Waals surface area contributed by atoms with E-state index < -0.39 is 11.8 Å². The second kappa shape index (κ2) is 8.26. The first-order valence-electron chi connectivity index (χ1n) is 6.71. The van der Waals surface area contributed by atoms with Gasteiger partial charge >= 0.3 is 6.03 Å². The molecule has 2 amide bonds. The highest BCUT2D eigenvalue weighted by molar-refractivity contribution is 5.91. The van der Waals surface area contributed by atoms with Gasteiger partial charge in [-0.3, -0.25) is 0 Å². The molecule has 0 bridgehead atoms. The van der Waals surface area contributed by atoms with Gasteiger partial charge in [-0.25, -0.2) is 9.18 Å². The topological polar surface area (TPSA) is 61.8 Å². The van der Waals surface area contributed by atoms with Crippen LogP contribution in [0.2, 0.25) is 0 Å². The molecule has 0 saturated heterocycles. The Morgan fingerprint density at radius 2 is 2.29 bits per heavy atom. The maximum atomic E-state index is 13.4. The molecule has 0 aliphatic rings. The third-order valence-corrected chi connectivity index (χ3v) is 2.55. The van der Waals surface area contributed by atoms with Crippen LogP contribution in [0.25, 0.3) is 0 Å². The second-order valence-corrected chi connectivity index (χ2v) is 4.70. The van der Waals surface area contributed by atoms with Gasteiger partial charge in [0, 0.05) is 19.2 Å². The van der Waals surface area contributed by atoms with Gasteiger partial charge in [0.25, 0.3) is 0 Å². The maximum absolute atomic E-state index is 13.4. The van der Waals surface area contributed by atoms with Gasteiger partial charge in [-0.05, 0) is 26.0 Å². The van der Waals surface area contributed by atoms with Crippen LogP contribution in [-0.4, -0.2) is 41.8 Å². The normalized spacial score (nSPS) is 10.3. The lowest BCUT2D eigenvalue weighted by Crippen LogP contribution is -2.37. The first-order chi connectivity index (χ1) is 9.97. The average molecular weight is 296 g/mol. The van der Waals surface area contributed by atoms with Crippen molar-refractivity contribution in [1.82, 2.24) is 4.90 Å². The predicted octanol–water partition coefficient (Wildman–Crippen LogP) is 2.63. The highest BCUT2D eigenvalue weighted by atomic mass is 19.1. The van der Waals surface area contributed by atoms with Crippen LogP contribution in [0.5, 0.6) is 5.75 Å². The fourth-order valence-electron chi connectivity index (χ4n) is 1.70. The third-order valence-electron chi connectivity index (χ3n) is 2.55. The molecule has 116 valence electrons. The fourth-order valence-corrected chi connectivity index (χ4v) is 1.70. The quantitative estimate of drug-likeness (QED) is 0.760. The van der Waals surface area contributed by atoms with Gasteiger partial charge in [-0.2, -0.15) is 0 Å². The summed E-state index contributed by atoms with van der Waals surface area (Å²) in [7, 11) is 0. The molecule has 0 heterocycles. The first kappa shape index (κ1) is 17.0. The Hall–Kier alpha value is -2.08. The minimum Gasteiger partial charge on any atom is -0.489 e. The maximum Gasteiger partial charge on any atom is 0.322 e. The van der Waals surface area contributed by atoms with Crippen molar-refractivity contribution in [3.05, 3.63) is 36.7 Å². The van der Waals surface area contributed by atoms with E-state index in [9.17, 15) is 9.18 Å². The molecule has 1 aromatic rings. The van der Waals surface area contributed by atoms with Gasteiger partial charge in [0.1, 0.15) is 11.6 Å². The molecule has 5 nitrogen and oxygen atoms in total. The van der Waals surface area contributed by atoms with Crippen molar-refractivity contribution in [3.63, 3.8) is 0 Å². The zero-order chi connectivity index (χ0) is 15.8. The van der Waals surface area contributed by atoms with Crippen LogP contribution in [0.15, 0.2) is 30.9 Å². The van der Waals surface area contributed by atoms with Crippen molar-refractivity contribution in [2.24, 2.45) is 0 Å². The van der Waals surface area contributed by atoms with Crippen molar-refractivity contribution in [3.8, 4) is 5.75 Å². The van der Waals surface area contributed by atoms with E-state index in [1.54, 1.807) is 6.08 Å². The lowest BCUT2D eigenvalue weighted by atomic mass is 10.2. The van der Waals surface area contributed by atoms with Crippen molar-refractivity contribution < 1.29 is 19.0 Å². The first-order valence-corrected chi connectivity index (χ1v) is 6.71. The van der Waals surface area contributed by atoms with Gasteiger partial charge in [-0.1, -0.05) is 6.08 Å². The summed E-state index contributed by atoms with van der Waals surface area (Å²) in [6, 6.07) is 3.47. The van der Waals surface area contributed by atoms with Crippen LogP contribution in [0.3, 0.4) is 0 Å².